The third-order valence-electron chi connectivity index (χ3n) is 3.75. The summed E-state index contributed by atoms with van der Waals surface area (Å²) in [5.74, 6) is -0.376. The predicted octanol–water partition coefficient (Wildman–Crippen LogP) is 3.55. The first-order chi connectivity index (χ1) is 14.0. The Morgan fingerprint density at radius 2 is 1.86 bits per heavy atom. The lowest BCUT2D eigenvalue weighted by Crippen LogP contribution is -2.30. The van der Waals surface area contributed by atoms with E-state index < -0.39 is 16.5 Å². The summed E-state index contributed by atoms with van der Waals surface area (Å²) in [6.07, 6.45) is 1.11. The minimum Gasteiger partial charge on any atom is -0.495 e. The number of hydrogen-bond donors (Lipinski definition) is 3. The summed E-state index contributed by atoms with van der Waals surface area (Å²) in [4.78, 5) is 30.9. The van der Waals surface area contributed by atoms with Crippen molar-refractivity contribution in [1.82, 2.24) is 15.4 Å². The molecule has 0 saturated heterocycles. The Kier molecular flexibility index (Phi) is 6.05. The number of halogens is 1. The molecule has 1 heterocycles. The van der Waals surface area contributed by atoms with Crippen molar-refractivity contribution in [2.24, 2.45) is 0 Å². The largest absolute Gasteiger partial charge is 0.495 e. The Bertz CT molecular complexity index is 1050. The van der Waals surface area contributed by atoms with Gasteiger partial charge in [-0.2, -0.15) is 0 Å². The maximum Gasteiger partial charge on any atom is 0.355 e. The molecule has 1 aromatic heterocycles. The van der Waals surface area contributed by atoms with Crippen LogP contribution < -0.4 is 20.9 Å². The number of methoxy groups -OCH3 is 1. The van der Waals surface area contributed by atoms with Crippen LogP contribution in [0.3, 0.4) is 0 Å². The van der Waals surface area contributed by atoms with Crippen LogP contribution in [0, 0.1) is 10.1 Å². The highest BCUT2D eigenvalue weighted by atomic mass is 35.5. The average Bonchev–Trinajstić information content (AvgIpc) is 2.72. The number of nitrogens with one attached hydrogen (secondary N) is 3. The first-order valence-corrected chi connectivity index (χ1v) is 8.58. The highest BCUT2D eigenvalue weighted by Gasteiger charge is 2.24. The molecule has 0 aliphatic rings. The normalized spacial score (nSPS) is 10.1. The fourth-order valence-electron chi connectivity index (χ4n) is 2.42. The molecule has 3 aromatic rings. The highest BCUT2D eigenvalue weighted by molar-refractivity contribution is 6.31. The van der Waals surface area contributed by atoms with Gasteiger partial charge in [-0.25, -0.2) is 9.97 Å². The van der Waals surface area contributed by atoms with E-state index in [0.717, 1.165) is 6.33 Å². The quantitative estimate of drug-likeness (QED) is 0.395. The molecular weight excluding hydrogens is 400 g/mol. The molecule has 10 nitrogen and oxygen atoms in total. The fraction of sp³-hybridized carbons (Fsp3) is 0.0556. The van der Waals surface area contributed by atoms with Gasteiger partial charge in [-0.3, -0.25) is 25.8 Å². The molecule has 0 unspecified atom stereocenters. The molecule has 0 aliphatic heterocycles. The molecule has 0 bridgehead atoms. The molecule has 1 amide bonds. The SMILES string of the molecule is COc1ccc(Cl)cc1Nc1ncnc(NNC(=O)c2ccccc2)c1[N+](=O)[O-]. The molecule has 0 radical (unpaired) electrons. The zero-order valence-corrected chi connectivity index (χ0v) is 15.8. The molecule has 148 valence electrons. The number of hydrogen-bond acceptors (Lipinski definition) is 8. The van der Waals surface area contributed by atoms with E-state index in [-0.39, 0.29) is 11.6 Å². The van der Waals surface area contributed by atoms with Crippen molar-refractivity contribution in [3.05, 3.63) is 75.6 Å². The monoisotopic (exact) mass is 414 g/mol. The zero-order chi connectivity index (χ0) is 20.8. The van der Waals surface area contributed by atoms with E-state index in [1.807, 2.05) is 0 Å². The van der Waals surface area contributed by atoms with Gasteiger partial charge < -0.3 is 10.1 Å². The standard InChI is InChI=1S/C18H15ClN6O4/c1-29-14-8-7-12(19)9-13(14)22-16-15(25(27)28)17(21-10-20-16)23-24-18(26)11-5-3-2-4-6-11/h2-10H,1H3,(H,24,26)(H2,20,21,22,23). The Balaban J connectivity index is 1.88. The van der Waals surface area contributed by atoms with Gasteiger partial charge in [0.2, 0.25) is 11.6 Å². The Labute approximate surface area is 170 Å². The van der Waals surface area contributed by atoms with Gasteiger partial charge in [-0.1, -0.05) is 29.8 Å². The van der Waals surface area contributed by atoms with Crippen LogP contribution in [0.25, 0.3) is 0 Å². The number of carbonyl (C=O) groups excluding carboxylic acids is 1. The van der Waals surface area contributed by atoms with Crippen LogP contribution in [0.15, 0.2) is 54.9 Å². The van der Waals surface area contributed by atoms with Gasteiger partial charge in [-0.15, -0.1) is 0 Å². The smallest absolute Gasteiger partial charge is 0.355 e. The Morgan fingerprint density at radius 1 is 1.14 bits per heavy atom. The summed E-state index contributed by atoms with van der Waals surface area (Å²) in [5, 5.41) is 14.9. The lowest BCUT2D eigenvalue weighted by atomic mass is 10.2. The number of ether oxygens (including phenoxy) is 1. The summed E-state index contributed by atoms with van der Waals surface area (Å²) >= 11 is 5.99. The van der Waals surface area contributed by atoms with Gasteiger partial charge in [0, 0.05) is 10.6 Å². The van der Waals surface area contributed by atoms with Crippen molar-refractivity contribution in [2.75, 3.05) is 17.9 Å². The van der Waals surface area contributed by atoms with Crippen LogP contribution in [-0.4, -0.2) is 27.9 Å². The molecule has 29 heavy (non-hydrogen) atoms. The van der Waals surface area contributed by atoms with Crippen LogP contribution in [0.4, 0.5) is 23.0 Å². The summed E-state index contributed by atoms with van der Waals surface area (Å²) < 4.78 is 5.22. The van der Waals surface area contributed by atoms with Gasteiger partial charge in [0.05, 0.1) is 17.7 Å². The first-order valence-electron chi connectivity index (χ1n) is 8.21. The van der Waals surface area contributed by atoms with Crippen molar-refractivity contribution < 1.29 is 14.5 Å². The van der Waals surface area contributed by atoms with E-state index in [1.54, 1.807) is 42.5 Å². The second-order valence-corrected chi connectivity index (χ2v) is 6.03. The van der Waals surface area contributed by atoms with Crippen molar-refractivity contribution in [3.8, 4) is 5.75 Å². The van der Waals surface area contributed by atoms with Crippen molar-refractivity contribution in [2.45, 2.75) is 0 Å². The fourth-order valence-corrected chi connectivity index (χ4v) is 2.59. The number of amides is 1. The summed E-state index contributed by atoms with van der Waals surface area (Å²) in [6, 6.07) is 13.1. The molecule has 3 rings (SSSR count). The molecule has 0 aliphatic carbocycles. The van der Waals surface area contributed by atoms with E-state index in [2.05, 4.69) is 26.1 Å². The van der Waals surface area contributed by atoms with E-state index in [9.17, 15) is 14.9 Å². The Morgan fingerprint density at radius 3 is 2.55 bits per heavy atom. The number of nitrogens with zero attached hydrogens (tertiary/aromatic N) is 3. The second kappa shape index (κ2) is 8.85. The number of rotatable bonds is 7. The first kappa shape index (κ1) is 19.8. The topological polar surface area (TPSA) is 131 Å². The maximum absolute atomic E-state index is 12.2. The zero-order valence-electron chi connectivity index (χ0n) is 15.0. The van der Waals surface area contributed by atoms with Gasteiger partial charge in [-0.05, 0) is 30.3 Å². The average molecular weight is 415 g/mol. The van der Waals surface area contributed by atoms with Gasteiger partial charge in [0.1, 0.15) is 12.1 Å². The molecule has 2 aromatic carbocycles. The highest BCUT2D eigenvalue weighted by Crippen LogP contribution is 2.35. The predicted molar refractivity (Wildman–Crippen MR) is 108 cm³/mol. The molecule has 0 saturated carbocycles. The minimum absolute atomic E-state index is 0.109. The van der Waals surface area contributed by atoms with Crippen molar-refractivity contribution >= 4 is 40.5 Å². The second-order valence-electron chi connectivity index (χ2n) is 5.59. The minimum atomic E-state index is -0.670. The van der Waals surface area contributed by atoms with Crippen LogP contribution >= 0.6 is 11.6 Å². The van der Waals surface area contributed by atoms with Gasteiger partial charge >= 0.3 is 5.69 Å². The van der Waals surface area contributed by atoms with Crippen LogP contribution in [0.2, 0.25) is 5.02 Å². The Hall–Kier alpha value is -3.92. The lowest BCUT2D eigenvalue weighted by Gasteiger charge is -2.13. The molecule has 3 N–H and O–H groups in total. The molecule has 0 fully saturated rings. The van der Waals surface area contributed by atoms with Crippen LogP contribution in [-0.2, 0) is 0 Å². The summed E-state index contributed by atoms with van der Waals surface area (Å²) in [7, 11) is 1.45. The van der Waals surface area contributed by atoms with Crippen LogP contribution in [0.5, 0.6) is 5.75 Å². The van der Waals surface area contributed by atoms with E-state index in [4.69, 9.17) is 16.3 Å². The number of aromatic nitrogens is 2. The molecular formula is C18H15ClN6O4. The number of hydrazine groups is 1. The van der Waals surface area contributed by atoms with Crippen LogP contribution in [0.1, 0.15) is 10.4 Å². The number of benzene rings is 2. The molecule has 0 atom stereocenters. The third kappa shape index (κ3) is 4.68. The molecule has 11 heteroatoms. The van der Waals surface area contributed by atoms with E-state index in [1.165, 1.54) is 13.2 Å². The summed E-state index contributed by atoms with van der Waals surface area (Å²) in [6.45, 7) is 0. The lowest BCUT2D eigenvalue weighted by molar-refractivity contribution is -0.383. The van der Waals surface area contributed by atoms with E-state index in [0.29, 0.717) is 22.0 Å². The third-order valence-corrected chi connectivity index (χ3v) is 3.98. The maximum atomic E-state index is 12.2. The van der Waals surface area contributed by atoms with Crippen molar-refractivity contribution in [1.29, 1.82) is 0 Å². The van der Waals surface area contributed by atoms with Crippen molar-refractivity contribution in [3.63, 3.8) is 0 Å². The number of nitro groups is 1. The van der Waals surface area contributed by atoms with E-state index >= 15 is 0 Å². The number of anilines is 3. The molecule has 0 spiro atoms. The number of carbonyl (C=O) groups is 1. The van der Waals surface area contributed by atoms with Gasteiger partial charge in [0.25, 0.3) is 5.91 Å². The summed E-state index contributed by atoms with van der Waals surface area (Å²) in [5.41, 5.74) is 5.13. The van der Waals surface area contributed by atoms with Gasteiger partial charge in [0.15, 0.2) is 0 Å².